The Morgan fingerprint density at radius 2 is 0.875 bits per heavy atom. The van der Waals surface area contributed by atoms with Crippen LogP contribution in [0, 0.1) is 0 Å². The molecular formula is C55H41N. The summed E-state index contributed by atoms with van der Waals surface area (Å²) >= 11 is 0. The fraction of sp³-hybridized carbons (Fsp3) is 0.0545. The van der Waals surface area contributed by atoms with Crippen LogP contribution in [-0.2, 0) is 5.41 Å². The highest BCUT2D eigenvalue weighted by atomic mass is 15.1. The van der Waals surface area contributed by atoms with Crippen molar-refractivity contribution >= 4 is 27.8 Å². The van der Waals surface area contributed by atoms with Crippen molar-refractivity contribution in [3.8, 4) is 55.6 Å². The number of fused-ring (bicyclic) bond motifs is 4. The smallest absolute Gasteiger partial charge is 0.0546 e. The summed E-state index contributed by atoms with van der Waals surface area (Å²) in [5.74, 6) is 0. The first-order valence-electron chi connectivity index (χ1n) is 19.5. The highest BCUT2D eigenvalue weighted by Crippen LogP contribution is 2.53. The summed E-state index contributed by atoms with van der Waals surface area (Å²) in [6, 6.07) is 77.8. The second-order valence-corrected chi connectivity index (χ2v) is 15.3. The maximum Gasteiger partial charge on any atom is 0.0546 e. The number of benzene rings is 9. The van der Waals surface area contributed by atoms with E-state index in [4.69, 9.17) is 0 Å². The van der Waals surface area contributed by atoms with E-state index in [1.807, 2.05) is 0 Å². The molecule has 0 fully saturated rings. The summed E-state index contributed by atoms with van der Waals surface area (Å²) in [5, 5.41) is 2.48. The van der Waals surface area contributed by atoms with Crippen LogP contribution in [0.5, 0.6) is 0 Å². The van der Waals surface area contributed by atoms with Gasteiger partial charge in [0, 0.05) is 22.4 Å². The molecule has 0 aromatic heterocycles. The number of rotatable bonds is 7. The van der Waals surface area contributed by atoms with Crippen LogP contribution >= 0.6 is 0 Å². The number of nitrogens with zero attached hydrogens (tertiary/aromatic N) is 1. The van der Waals surface area contributed by atoms with Crippen molar-refractivity contribution in [2.24, 2.45) is 0 Å². The van der Waals surface area contributed by atoms with Gasteiger partial charge in [0.2, 0.25) is 0 Å². The van der Waals surface area contributed by atoms with Crippen molar-refractivity contribution < 1.29 is 0 Å². The Morgan fingerprint density at radius 3 is 1.66 bits per heavy atom. The Labute approximate surface area is 329 Å². The van der Waals surface area contributed by atoms with Crippen LogP contribution in [0.4, 0.5) is 17.1 Å². The lowest BCUT2D eigenvalue weighted by Crippen LogP contribution is -2.17. The average Bonchev–Trinajstić information content (AvgIpc) is 3.49. The molecule has 10 rings (SSSR count). The van der Waals surface area contributed by atoms with Gasteiger partial charge >= 0.3 is 0 Å². The molecule has 1 heteroatoms. The fourth-order valence-electron chi connectivity index (χ4n) is 8.89. The van der Waals surface area contributed by atoms with E-state index in [0.717, 1.165) is 17.1 Å². The Bertz CT molecular complexity index is 2880. The van der Waals surface area contributed by atoms with Crippen LogP contribution in [0.1, 0.15) is 25.0 Å². The molecule has 0 saturated heterocycles. The van der Waals surface area contributed by atoms with Crippen LogP contribution in [0.25, 0.3) is 66.4 Å². The first kappa shape index (κ1) is 33.6. The fourth-order valence-corrected chi connectivity index (χ4v) is 8.89. The zero-order valence-electron chi connectivity index (χ0n) is 31.7. The zero-order valence-corrected chi connectivity index (χ0v) is 31.7. The first-order chi connectivity index (χ1) is 27.5. The highest BCUT2D eigenvalue weighted by Gasteiger charge is 2.36. The van der Waals surface area contributed by atoms with Gasteiger partial charge in [0.25, 0.3) is 0 Å². The summed E-state index contributed by atoms with van der Waals surface area (Å²) in [4.78, 5) is 2.49. The van der Waals surface area contributed by atoms with E-state index in [2.05, 4.69) is 231 Å². The van der Waals surface area contributed by atoms with Crippen LogP contribution in [0.3, 0.4) is 0 Å². The molecule has 56 heavy (non-hydrogen) atoms. The summed E-state index contributed by atoms with van der Waals surface area (Å²) in [7, 11) is 0. The molecule has 0 aliphatic heterocycles. The lowest BCUT2D eigenvalue weighted by Gasteiger charge is -2.31. The molecule has 1 aliphatic carbocycles. The van der Waals surface area contributed by atoms with Crippen molar-refractivity contribution in [2.75, 3.05) is 4.90 Å². The lowest BCUT2D eigenvalue weighted by atomic mass is 9.82. The summed E-state index contributed by atoms with van der Waals surface area (Å²) in [5.41, 5.74) is 18.1. The highest BCUT2D eigenvalue weighted by molar-refractivity contribution is 6.01. The van der Waals surface area contributed by atoms with Crippen molar-refractivity contribution in [1.29, 1.82) is 0 Å². The molecule has 0 bridgehead atoms. The molecule has 0 spiro atoms. The predicted octanol–water partition coefficient (Wildman–Crippen LogP) is 15.3. The SMILES string of the molecule is CC1(C)c2ccccc2-c2ccc(N(c3cccc(-c4ccc5ccccc5c4)c3)c3cccc(-c4ccccc4)c3-c3ccccc3-c3ccccc3)cc21. The zero-order chi connectivity index (χ0) is 37.6. The third kappa shape index (κ3) is 5.72. The second kappa shape index (κ2) is 13.7. The molecule has 1 nitrogen and oxygen atoms in total. The molecule has 0 heterocycles. The quantitative estimate of drug-likeness (QED) is 0.159. The van der Waals surface area contributed by atoms with Gasteiger partial charge in [-0.15, -0.1) is 0 Å². The largest absolute Gasteiger partial charge is 0.310 e. The van der Waals surface area contributed by atoms with E-state index in [9.17, 15) is 0 Å². The van der Waals surface area contributed by atoms with Crippen LogP contribution in [0.15, 0.2) is 212 Å². The van der Waals surface area contributed by atoms with Gasteiger partial charge in [-0.2, -0.15) is 0 Å². The van der Waals surface area contributed by atoms with Crippen LogP contribution in [0.2, 0.25) is 0 Å². The van der Waals surface area contributed by atoms with Crippen molar-refractivity contribution in [1.82, 2.24) is 0 Å². The monoisotopic (exact) mass is 715 g/mol. The molecule has 0 amide bonds. The minimum absolute atomic E-state index is 0.144. The molecule has 266 valence electrons. The molecule has 9 aromatic rings. The normalized spacial score (nSPS) is 12.6. The number of hydrogen-bond acceptors (Lipinski definition) is 1. The molecule has 0 N–H and O–H groups in total. The van der Waals surface area contributed by atoms with E-state index in [0.29, 0.717) is 0 Å². The third-order valence-electron chi connectivity index (χ3n) is 11.7. The Kier molecular flexibility index (Phi) is 8.23. The van der Waals surface area contributed by atoms with Gasteiger partial charge in [-0.25, -0.2) is 0 Å². The van der Waals surface area contributed by atoms with Gasteiger partial charge in [-0.05, 0) is 108 Å². The van der Waals surface area contributed by atoms with Gasteiger partial charge in [0.1, 0.15) is 0 Å². The van der Waals surface area contributed by atoms with Crippen LogP contribution < -0.4 is 4.90 Å². The van der Waals surface area contributed by atoms with Gasteiger partial charge in [-0.3, -0.25) is 0 Å². The Morgan fingerprint density at radius 1 is 0.321 bits per heavy atom. The van der Waals surface area contributed by atoms with Gasteiger partial charge in [-0.1, -0.05) is 190 Å². The summed E-state index contributed by atoms with van der Waals surface area (Å²) < 4.78 is 0. The minimum atomic E-state index is -0.144. The van der Waals surface area contributed by atoms with Gasteiger partial charge < -0.3 is 4.90 Å². The summed E-state index contributed by atoms with van der Waals surface area (Å²) in [6.45, 7) is 4.73. The number of hydrogen-bond donors (Lipinski definition) is 0. The van der Waals surface area contributed by atoms with Crippen molar-refractivity contribution in [3.63, 3.8) is 0 Å². The van der Waals surface area contributed by atoms with E-state index in [1.54, 1.807) is 0 Å². The average molecular weight is 716 g/mol. The maximum atomic E-state index is 2.49. The second-order valence-electron chi connectivity index (χ2n) is 15.3. The topological polar surface area (TPSA) is 3.24 Å². The van der Waals surface area contributed by atoms with Crippen molar-refractivity contribution in [3.05, 3.63) is 223 Å². The van der Waals surface area contributed by atoms with E-state index >= 15 is 0 Å². The van der Waals surface area contributed by atoms with E-state index in [-0.39, 0.29) is 5.41 Å². The molecule has 1 aliphatic rings. The molecule has 0 atom stereocenters. The van der Waals surface area contributed by atoms with Gasteiger partial charge in [0.05, 0.1) is 5.69 Å². The Balaban J connectivity index is 1.25. The maximum absolute atomic E-state index is 2.49. The minimum Gasteiger partial charge on any atom is -0.310 e. The lowest BCUT2D eigenvalue weighted by molar-refractivity contribution is 0.660. The van der Waals surface area contributed by atoms with E-state index in [1.165, 1.54) is 77.5 Å². The molecule has 0 saturated carbocycles. The van der Waals surface area contributed by atoms with E-state index < -0.39 is 0 Å². The van der Waals surface area contributed by atoms with Gasteiger partial charge in [0.15, 0.2) is 0 Å². The third-order valence-corrected chi connectivity index (χ3v) is 11.7. The molecule has 0 unspecified atom stereocenters. The summed E-state index contributed by atoms with van der Waals surface area (Å²) in [6.07, 6.45) is 0. The number of anilines is 3. The van der Waals surface area contributed by atoms with Crippen molar-refractivity contribution in [2.45, 2.75) is 19.3 Å². The standard InChI is InChI=1S/C55H41N/c1-55(2)51-29-14-13-26-48(51)49-34-33-45(37-52(49)55)56(44-24-15-23-42(36-44)43-32-31-38-17-9-10-22-41(38)35-43)53-30-16-28-47(40-20-7-4-8-21-40)54(53)50-27-12-11-25-46(50)39-18-5-3-6-19-39/h3-37H,1-2H3. The first-order valence-corrected chi connectivity index (χ1v) is 19.5. The molecule has 9 aromatic carbocycles. The Hall–Kier alpha value is -6.96. The molecular weight excluding hydrogens is 675 g/mol. The van der Waals surface area contributed by atoms with Crippen LogP contribution in [-0.4, -0.2) is 0 Å². The predicted molar refractivity (Wildman–Crippen MR) is 238 cm³/mol. The molecule has 0 radical (unpaired) electrons.